The molecule has 1 aliphatic heterocycles. The summed E-state index contributed by atoms with van der Waals surface area (Å²) in [5, 5.41) is 5.49. The van der Waals surface area contributed by atoms with E-state index in [1.54, 1.807) is 30.3 Å². The normalized spacial score (nSPS) is 11.9. The number of carbonyl (C=O) groups is 1. The lowest BCUT2D eigenvalue weighted by atomic mass is 10.2. The Labute approximate surface area is 147 Å². The summed E-state index contributed by atoms with van der Waals surface area (Å²) in [6.45, 7) is 0.196. The van der Waals surface area contributed by atoms with E-state index in [-0.39, 0.29) is 18.0 Å². The van der Waals surface area contributed by atoms with Crippen molar-refractivity contribution in [3.63, 3.8) is 0 Å². The first-order valence-electron chi connectivity index (χ1n) is 7.74. The van der Waals surface area contributed by atoms with E-state index in [9.17, 15) is 9.18 Å². The first-order valence-corrected chi connectivity index (χ1v) is 7.74. The molecule has 1 amide bonds. The fourth-order valence-corrected chi connectivity index (χ4v) is 2.37. The highest BCUT2D eigenvalue weighted by molar-refractivity contribution is 6.03. The first-order chi connectivity index (χ1) is 12.7. The minimum absolute atomic E-state index is 0.0973. The largest absolute Gasteiger partial charge is 0.454 e. The van der Waals surface area contributed by atoms with Crippen LogP contribution in [0, 0.1) is 5.82 Å². The predicted octanol–water partition coefficient (Wildman–Crippen LogP) is 3.34. The molecule has 0 radical (unpaired) electrons. The number of anilines is 3. The van der Waals surface area contributed by atoms with Crippen LogP contribution in [-0.4, -0.2) is 22.7 Å². The molecule has 2 aromatic carbocycles. The number of aromatic nitrogens is 2. The van der Waals surface area contributed by atoms with Gasteiger partial charge in [0.05, 0.1) is 11.3 Å². The van der Waals surface area contributed by atoms with Gasteiger partial charge in [0.25, 0.3) is 5.91 Å². The standard InChI is InChI=1S/C18H13FN4O3/c19-13-3-1-2-4-14(13)23-17(24)11-8-20-18(21-9-11)22-12-5-6-15-16(7-12)26-10-25-15/h1-9H,10H2,(H,23,24)(H,20,21,22). The molecule has 4 rings (SSSR count). The fraction of sp³-hybridized carbons (Fsp3) is 0.0556. The number of hydrogen-bond donors (Lipinski definition) is 2. The van der Waals surface area contributed by atoms with Gasteiger partial charge in [-0.05, 0) is 24.3 Å². The number of nitrogens with one attached hydrogen (secondary N) is 2. The van der Waals surface area contributed by atoms with Crippen LogP contribution in [-0.2, 0) is 0 Å². The average Bonchev–Trinajstić information content (AvgIpc) is 3.12. The maximum absolute atomic E-state index is 13.6. The second kappa shape index (κ2) is 6.67. The highest BCUT2D eigenvalue weighted by atomic mass is 19.1. The predicted molar refractivity (Wildman–Crippen MR) is 92.2 cm³/mol. The molecule has 1 aromatic heterocycles. The number of rotatable bonds is 4. The van der Waals surface area contributed by atoms with Crippen LogP contribution in [0.5, 0.6) is 11.5 Å². The van der Waals surface area contributed by atoms with E-state index >= 15 is 0 Å². The minimum Gasteiger partial charge on any atom is -0.454 e. The Balaban J connectivity index is 1.45. The maximum Gasteiger partial charge on any atom is 0.258 e. The number of para-hydroxylation sites is 1. The number of halogens is 1. The van der Waals surface area contributed by atoms with Gasteiger partial charge < -0.3 is 20.1 Å². The second-order valence-corrected chi connectivity index (χ2v) is 5.42. The zero-order valence-electron chi connectivity index (χ0n) is 13.4. The van der Waals surface area contributed by atoms with Crippen molar-refractivity contribution in [3.05, 3.63) is 66.2 Å². The Morgan fingerprint density at radius 1 is 1.04 bits per heavy atom. The van der Waals surface area contributed by atoms with E-state index in [0.29, 0.717) is 17.4 Å². The third-order valence-corrected chi connectivity index (χ3v) is 3.66. The van der Waals surface area contributed by atoms with Gasteiger partial charge in [-0.25, -0.2) is 14.4 Å². The van der Waals surface area contributed by atoms with E-state index in [1.807, 2.05) is 0 Å². The number of benzene rings is 2. The SMILES string of the molecule is O=C(Nc1ccccc1F)c1cnc(Nc2ccc3c(c2)OCO3)nc1. The highest BCUT2D eigenvalue weighted by Crippen LogP contribution is 2.34. The van der Waals surface area contributed by atoms with Gasteiger partial charge in [-0.2, -0.15) is 0 Å². The quantitative estimate of drug-likeness (QED) is 0.749. The van der Waals surface area contributed by atoms with Gasteiger partial charge in [-0.3, -0.25) is 4.79 Å². The van der Waals surface area contributed by atoms with Crippen molar-refractivity contribution in [2.45, 2.75) is 0 Å². The van der Waals surface area contributed by atoms with E-state index in [1.165, 1.54) is 24.5 Å². The Kier molecular flexibility index (Phi) is 4.06. The number of ether oxygens (including phenoxy) is 2. The van der Waals surface area contributed by atoms with Gasteiger partial charge in [-0.15, -0.1) is 0 Å². The third kappa shape index (κ3) is 3.25. The monoisotopic (exact) mass is 352 g/mol. The lowest BCUT2D eigenvalue weighted by Crippen LogP contribution is -2.14. The van der Waals surface area contributed by atoms with Gasteiger partial charge in [0, 0.05) is 24.1 Å². The van der Waals surface area contributed by atoms with Crippen LogP contribution in [0.3, 0.4) is 0 Å². The summed E-state index contributed by atoms with van der Waals surface area (Å²) in [7, 11) is 0. The summed E-state index contributed by atoms with van der Waals surface area (Å²) in [5.41, 5.74) is 1.03. The molecule has 1 aliphatic rings. The van der Waals surface area contributed by atoms with Gasteiger partial charge in [0.1, 0.15) is 5.82 Å². The van der Waals surface area contributed by atoms with Crippen molar-refractivity contribution in [1.82, 2.24) is 9.97 Å². The maximum atomic E-state index is 13.6. The molecule has 26 heavy (non-hydrogen) atoms. The molecule has 0 saturated carbocycles. The fourth-order valence-electron chi connectivity index (χ4n) is 2.37. The lowest BCUT2D eigenvalue weighted by molar-refractivity contribution is 0.102. The van der Waals surface area contributed by atoms with Crippen molar-refractivity contribution in [2.75, 3.05) is 17.4 Å². The number of nitrogens with zero attached hydrogens (tertiary/aromatic N) is 2. The first kappa shape index (κ1) is 15.8. The van der Waals surface area contributed by atoms with Crippen LogP contribution >= 0.6 is 0 Å². The van der Waals surface area contributed by atoms with Crippen LogP contribution in [0.1, 0.15) is 10.4 Å². The third-order valence-electron chi connectivity index (χ3n) is 3.66. The zero-order chi connectivity index (χ0) is 17.9. The zero-order valence-corrected chi connectivity index (χ0v) is 13.4. The summed E-state index contributed by atoms with van der Waals surface area (Å²) < 4.78 is 24.1. The van der Waals surface area contributed by atoms with Crippen molar-refractivity contribution in [2.24, 2.45) is 0 Å². The average molecular weight is 352 g/mol. The Bertz CT molecular complexity index is 963. The smallest absolute Gasteiger partial charge is 0.258 e. The summed E-state index contributed by atoms with van der Waals surface area (Å²) in [6, 6.07) is 11.3. The molecule has 0 aliphatic carbocycles. The van der Waals surface area contributed by atoms with Gasteiger partial charge in [0.15, 0.2) is 11.5 Å². The van der Waals surface area contributed by atoms with Crippen LogP contribution in [0.25, 0.3) is 0 Å². The molecule has 0 saturated heterocycles. The topological polar surface area (TPSA) is 85.4 Å². The molecular weight excluding hydrogens is 339 g/mol. The van der Waals surface area contributed by atoms with E-state index in [4.69, 9.17) is 9.47 Å². The Morgan fingerprint density at radius 3 is 2.62 bits per heavy atom. The van der Waals surface area contributed by atoms with Gasteiger partial charge >= 0.3 is 0 Å². The summed E-state index contributed by atoms with van der Waals surface area (Å²) in [4.78, 5) is 20.4. The number of fused-ring (bicyclic) bond motifs is 1. The van der Waals surface area contributed by atoms with Gasteiger partial charge in [0.2, 0.25) is 12.7 Å². The van der Waals surface area contributed by atoms with Crippen LogP contribution in [0.2, 0.25) is 0 Å². The molecule has 3 aromatic rings. The minimum atomic E-state index is -0.511. The van der Waals surface area contributed by atoms with E-state index < -0.39 is 11.7 Å². The molecule has 8 heteroatoms. The van der Waals surface area contributed by atoms with Crippen LogP contribution < -0.4 is 20.1 Å². The Morgan fingerprint density at radius 2 is 1.81 bits per heavy atom. The number of amides is 1. The summed E-state index contributed by atoms with van der Waals surface area (Å²) in [6.07, 6.45) is 2.72. The molecule has 7 nitrogen and oxygen atoms in total. The van der Waals surface area contributed by atoms with Crippen molar-refractivity contribution in [3.8, 4) is 11.5 Å². The van der Waals surface area contributed by atoms with Crippen LogP contribution in [0.4, 0.5) is 21.7 Å². The molecule has 0 fully saturated rings. The molecule has 2 heterocycles. The molecular formula is C18H13FN4O3. The molecule has 0 spiro atoms. The van der Waals surface area contributed by atoms with Crippen LogP contribution in [0.15, 0.2) is 54.9 Å². The Hall–Kier alpha value is -3.68. The number of hydrogen-bond acceptors (Lipinski definition) is 6. The molecule has 0 atom stereocenters. The van der Waals surface area contributed by atoms with Gasteiger partial charge in [-0.1, -0.05) is 12.1 Å². The molecule has 130 valence electrons. The van der Waals surface area contributed by atoms with E-state index in [2.05, 4.69) is 20.6 Å². The molecule has 2 N–H and O–H groups in total. The highest BCUT2D eigenvalue weighted by Gasteiger charge is 2.14. The van der Waals surface area contributed by atoms with Crippen molar-refractivity contribution < 1.29 is 18.7 Å². The summed E-state index contributed by atoms with van der Waals surface area (Å²) >= 11 is 0. The van der Waals surface area contributed by atoms with Crippen molar-refractivity contribution >= 4 is 23.2 Å². The lowest BCUT2D eigenvalue weighted by Gasteiger charge is -2.08. The number of carbonyl (C=O) groups excluding carboxylic acids is 1. The second-order valence-electron chi connectivity index (χ2n) is 5.42. The summed E-state index contributed by atoms with van der Waals surface area (Å²) in [5.74, 6) is 0.617. The molecule has 0 unspecified atom stereocenters. The van der Waals surface area contributed by atoms with Crippen molar-refractivity contribution in [1.29, 1.82) is 0 Å². The van der Waals surface area contributed by atoms with E-state index in [0.717, 1.165) is 5.69 Å². The molecule has 0 bridgehead atoms.